The molecule has 4 heteroatoms. The number of aryl methyl sites for hydroxylation is 2. The molecule has 84 valence electrons. The van der Waals surface area contributed by atoms with Gasteiger partial charge in [-0.3, -0.25) is 9.67 Å². The summed E-state index contributed by atoms with van der Waals surface area (Å²) < 4.78 is 1.72. The quantitative estimate of drug-likeness (QED) is 0.845. The van der Waals surface area contributed by atoms with Gasteiger partial charge in [-0.05, 0) is 24.6 Å². The van der Waals surface area contributed by atoms with Crippen LogP contribution in [0.15, 0.2) is 30.6 Å². The van der Waals surface area contributed by atoms with Gasteiger partial charge >= 0.3 is 0 Å². The molecule has 0 spiro atoms. The van der Waals surface area contributed by atoms with E-state index in [1.54, 1.807) is 17.1 Å². The van der Waals surface area contributed by atoms with E-state index in [1.807, 2.05) is 32.2 Å². The first-order valence-electron chi connectivity index (χ1n) is 5.24. The monoisotopic (exact) mass is 217 g/mol. The fraction of sp³-hybridized carbons (Fsp3) is 0.333. The van der Waals surface area contributed by atoms with Crippen molar-refractivity contribution < 1.29 is 5.11 Å². The second-order valence-corrected chi connectivity index (χ2v) is 3.92. The van der Waals surface area contributed by atoms with Gasteiger partial charge in [0.15, 0.2) is 0 Å². The average molecular weight is 217 g/mol. The summed E-state index contributed by atoms with van der Waals surface area (Å²) in [4.78, 5) is 4.03. The fourth-order valence-corrected chi connectivity index (χ4v) is 1.79. The smallest absolute Gasteiger partial charge is 0.0997 e. The third-order valence-electron chi connectivity index (χ3n) is 2.53. The van der Waals surface area contributed by atoms with Gasteiger partial charge in [-0.2, -0.15) is 5.10 Å². The van der Waals surface area contributed by atoms with Crippen LogP contribution in [0.5, 0.6) is 0 Å². The summed E-state index contributed by atoms with van der Waals surface area (Å²) in [7, 11) is 1.84. The summed E-state index contributed by atoms with van der Waals surface area (Å²) in [6, 6.07) is 5.73. The number of aromatic nitrogens is 3. The maximum absolute atomic E-state index is 10.1. The molecule has 0 bridgehead atoms. The van der Waals surface area contributed by atoms with Crippen LogP contribution in [0.25, 0.3) is 0 Å². The minimum Gasteiger partial charge on any atom is -0.386 e. The van der Waals surface area contributed by atoms with Gasteiger partial charge in [0.25, 0.3) is 0 Å². The molecule has 0 aromatic carbocycles. The van der Waals surface area contributed by atoms with Crippen LogP contribution in [0.1, 0.15) is 23.1 Å². The van der Waals surface area contributed by atoms with E-state index < -0.39 is 6.10 Å². The second kappa shape index (κ2) is 4.45. The normalized spacial score (nSPS) is 12.7. The van der Waals surface area contributed by atoms with Gasteiger partial charge in [0.1, 0.15) is 0 Å². The minimum atomic E-state index is -0.532. The molecule has 1 N–H and O–H groups in total. The van der Waals surface area contributed by atoms with Gasteiger partial charge in [-0.25, -0.2) is 0 Å². The number of pyridine rings is 1. The van der Waals surface area contributed by atoms with Crippen molar-refractivity contribution in [1.82, 2.24) is 14.8 Å². The van der Waals surface area contributed by atoms with Crippen LogP contribution in [0, 0.1) is 6.92 Å². The summed E-state index contributed by atoms with van der Waals surface area (Å²) in [6.45, 7) is 1.92. The Hall–Kier alpha value is -1.68. The van der Waals surface area contributed by atoms with E-state index >= 15 is 0 Å². The van der Waals surface area contributed by atoms with Crippen LogP contribution < -0.4 is 0 Å². The summed E-state index contributed by atoms with van der Waals surface area (Å²) >= 11 is 0. The van der Waals surface area contributed by atoms with Crippen LogP contribution in [0.3, 0.4) is 0 Å². The van der Waals surface area contributed by atoms with Crippen molar-refractivity contribution in [1.29, 1.82) is 0 Å². The molecule has 4 nitrogen and oxygen atoms in total. The number of hydrogen-bond acceptors (Lipinski definition) is 3. The van der Waals surface area contributed by atoms with Crippen molar-refractivity contribution in [3.8, 4) is 0 Å². The molecule has 0 saturated heterocycles. The van der Waals surface area contributed by atoms with Gasteiger partial charge in [0, 0.05) is 25.9 Å². The molecular formula is C12H15N3O. The highest BCUT2D eigenvalue weighted by molar-refractivity contribution is 5.16. The molecular weight excluding hydrogens is 202 g/mol. The number of rotatable bonds is 3. The molecule has 0 amide bonds. The van der Waals surface area contributed by atoms with E-state index in [-0.39, 0.29) is 0 Å². The summed E-state index contributed by atoms with van der Waals surface area (Å²) in [6.07, 6.45) is 3.53. The maximum atomic E-state index is 10.1. The Morgan fingerprint density at radius 3 is 2.88 bits per heavy atom. The standard InChI is InChI=1S/C12H15N3O/c1-9-6-11(15(2)14-9)12(16)7-10-4-3-5-13-8-10/h3-6,8,12,16H,7H2,1-2H3. The Labute approximate surface area is 94.6 Å². The first kappa shape index (κ1) is 10.8. The van der Waals surface area contributed by atoms with Gasteiger partial charge in [0.05, 0.1) is 17.5 Å². The summed E-state index contributed by atoms with van der Waals surface area (Å²) in [5.74, 6) is 0. The minimum absolute atomic E-state index is 0.532. The van der Waals surface area contributed by atoms with Crippen molar-refractivity contribution in [3.63, 3.8) is 0 Å². The first-order chi connectivity index (χ1) is 7.66. The Kier molecular flexibility index (Phi) is 3.01. The van der Waals surface area contributed by atoms with Gasteiger partial charge in [-0.1, -0.05) is 6.07 Å². The van der Waals surface area contributed by atoms with Gasteiger partial charge in [0.2, 0.25) is 0 Å². The zero-order valence-corrected chi connectivity index (χ0v) is 9.46. The lowest BCUT2D eigenvalue weighted by Crippen LogP contribution is -2.07. The van der Waals surface area contributed by atoms with E-state index in [0.29, 0.717) is 6.42 Å². The highest BCUT2D eigenvalue weighted by Crippen LogP contribution is 2.17. The number of nitrogens with zero attached hydrogens (tertiary/aromatic N) is 3. The second-order valence-electron chi connectivity index (χ2n) is 3.92. The largest absolute Gasteiger partial charge is 0.386 e. The summed E-state index contributed by atoms with van der Waals surface area (Å²) in [5, 5.41) is 14.3. The van der Waals surface area contributed by atoms with Crippen molar-refractivity contribution in [3.05, 3.63) is 47.5 Å². The Morgan fingerprint density at radius 1 is 1.50 bits per heavy atom. The third kappa shape index (κ3) is 2.28. The maximum Gasteiger partial charge on any atom is 0.0997 e. The van der Waals surface area contributed by atoms with Gasteiger partial charge < -0.3 is 5.11 Å². The zero-order chi connectivity index (χ0) is 11.5. The molecule has 0 aliphatic heterocycles. The predicted molar refractivity (Wildman–Crippen MR) is 60.8 cm³/mol. The van der Waals surface area contributed by atoms with E-state index in [4.69, 9.17) is 0 Å². The van der Waals surface area contributed by atoms with Crippen LogP contribution in [-0.4, -0.2) is 19.9 Å². The molecule has 0 radical (unpaired) electrons. The molecule has 1 atom stereocenters. The number of hydrogen-bond donors (Lipinski definition) is 1. The lowest BCUT2D eigenvalue weighted by atomic mass is 10.1. The highest BCUT2D eigenvalue weighted by atomic mass is 16.3. The SMILES string of the molecule is Cc1cc(C(O)Cc2cccnc2)n(C)n1. The highest BCUT2D eigenvalue weighted by Gasteiger charge is 2.13. The molecule has 2 aromatic heterocycles. The van der Waals surface area contributed by atoms with Crippen molar-refractivity contribution in [2.75, 3.05) is 0 Å². The Morgan fingerprint density at radius 2 is 2.31 bits per heavy atom. The van der Waals surface area contributed by atoms with E-state index in [1.165, 1.54) is 0 Å². The van der Waals surface area contributed by atoms with Crippen molar-refractivity contribution >= 4 is 0 Å². The number of aliphatic hydroxyl groups is 1. The lowest BCUT2D eigenvalue weighted by molar-refractivity contribution is 0.168. The Bertz CT molecular complexity index is 464. The predicted octanol–water partition coefficient (Wildman–Crippen LogP) is 1.40. The van der Waals surface area contributed by atoms with Crippen LogP contribution in [0.4, 0.5) is 0 Å². The molecule has 0 fully saturated rings. The third-order valence-corrected chi connectivity index (χ3v) is 2.53. The van der Waals surface area contributed by atoms with Gasteiger partial charge in [-0.15, -0.1) is 0 Å². The molecule has 0 aliphatic rings. The topological polar surface area (TPSA) is 50.9 Å². The Balaban J connectivity index is 2.14. The van der Waals surface area contributed by atoms with Crippen LogP contribution in [0.2, 0.25) is 0 Å². The molecule has 2 aromatic rings. The summed E-state index contributed by atoms with van der Waals surface area (Å²) in [5.41, 5.74) is 2.78. The zero-order valence-electron chi connectivity index (χ0n) is 9.46. The molecule has 1 unspecified atom stereocenters. The molecule has 16 heavy (non-hydrogen) atoms. The van der Waals surface area contributed by atoms with E-state index in [9.17, 15) is 5.11 Å². The lowest BCUT2D eigenvalue weighted by Gasteiger charge is -2.10. The van der Waals surface area contributed by atoms with Crippen molar-refractivity contribution in [2.24, 2.45) is 7.05 Å². The molecule has 2 rings (SSSR count). The average Bonchev–Trinajstić information content (AvgIpc) is 2.59. The van der Waals surface area contributed by atoms with Crippen LogP contribution >= 0.6 is 0 Å². The van der Waals surface area contributed by atoms with Crippen LogP contribution in [-0.2, 0) is 13.5 Å². The number of aliphatic hydroxyl groups excluding tert-OH is 1. The van der Waals surface area contributed by atoms with E-state index in [2.05, 4.69) is 10.1 Å². The molecule has 2 heterocycles. The molecule has 0 saturated carbocycles. The van der Waals surface area contributed by atoms with E-state index in [0.717, 1.165) is 17.0 Å². The fourth-order valence-electron chi connectivity index (χ4n) is 1.79. The molecule has 0 aliphatic carbocycles. The first-order valence-corrected chi connectivity index (χ1v) is 5.24. The van der Waals surface area contributed by atoms with Crippen molar-refractivity contribution in [2.45, 2.75) is 19.4 Å².